The average Bonchev–Trinajstić information content (AvgIpc) is 2.89. The van der Waals surface area contributed by atoms with E-state index in [0.717, 1.165) is 37.6 Å². The number of rotatable bonds is 2. The molecule has 6 heteroatoms. The fourth-order valence-electron chi connectivity index (χ4n) is 2.67. The molecule has 1 aliphatic heterocycles. The highest BCUT2D eigenvalue weighted by atomic mass is 35.5. The van der Waals surface area contributed by atoms with Gasteiger partial charge in [0.1, 0.15) is 0 Å². The third kappa shape index (κ3) is 2.74. The van der Waals surface area contributed by atoms with Crippen LogP contribution in [0, 0.1) is 6.92 Å². The van der Waals surface area contributed by atoms with Crippen molar-refractivity contribution in [3.05, 3.63) is 46.7 Å². The summed E-state index contributed by atoms with van der Waals surface area (Å²) in [6.07, 6.45) is 1.64. The van der Waals surface area contributed by atoms with E-state index in [9.17, 15) is 4.79 Å². The lowest BCUT2D eigenvalue weighted by atomic mass is 10.2. The molecule has 0 N–H and O–H groups in total. The van der Waals surface area contributed by atoms with Crippen molar-refractivity contribution in [2.75, 3.05) is 33.2 Å². The van der Waals surface area contributed by atoms with Crippen LogP contribution in [0.5, 0.6) is 0 Å². The minimum atomic E-state index is 0.0453. The quantitative estimate of drug-likeness (QED) is 0.852. The first-order chi connectivity index (χ1) is 10.6. The third-order valence-electron chi connectivity index (χ3n) is 4.11. The summed E-state index contributed by atoms with van der Waals surface area (Å²) in [5.74, 6) is 0.0453. The Morgan fingerprint density at radius 3 is 2.55 bits per heavy atom. The number of carbonyl (C=O) groups excluding carboxylic acids is 1. The standard InChI is InChI=1S/C16H19ClN4O/c1-12-13(16(22)20-9-7-19(2)8-10-20)11-18-21(12)15-6-4-3-5-14(15)17/h3-6,11H,7-10H2,1-2H3. The van der Waals surface area contributed by atoms with Crippen molar-refractivity contribution in [3.63, 3.8) is 0 Å². The van der Waals surface area contributed by atoms with E-state index in [1.165, 1.54) is 0 Å². The van der Waals surface area contributed by atoms with Crippen molar-refractivity contribution in [2.24, 2.45) is 0 Å². The minimum absolute atomic E-state index is 0.0453. The van der Waals surface area contributed by atoms with E-state index in [-0.39, 0.29) is 5.91 Å². The Bertz CT molecular complexity index is 689. The Hall–Kier alpha value is -1.85. The largest absolute Gasteiger partial charge is 0.336 e. The Morgan fingerprint density at radius 1 is 1.18 bits per heavy atom. The molecule has 116 valence electrons. The van der Waals surface area contributed by atoms with Gasteiger partial charge in [-0.3, -0.25) is 4.79 Å². The topological polar surface area (TPSA) is 41.4 Å². The summed E-state index contributed by atoms with van der Waals surface area (Å²) in [4.78, 5) is 16.8. The number of aromatic nitrogens is 2. The highest BCUT2D eigenvalue weighted by Crippen LogP contribution is 2.22. The summed E-state index contributed by atoms with van der Waals surface area (Å²) in [7, 11) is 2.07. The van der Waals surface area contributed by atoms with Crippen LogP contribution in [0.15, 0.2) is 30.5 Å². The predicted molar refractivity (Wildman–Crippen MR) is 86.7 cm³/mol. The lowest BCUT2D eigenvalue weighted by Crippen LogP contribution is -2.47. The number of nitrogens with zero attached hydrogens (tertiary/aromatic N) is 4. The number of likely N-dealkylation sites (N-methyl/N-ethyl adjacent to an activating group) is 1. The molecular formula is C16H19ClN4O. The predicted octanol–water partition coefficient (Wildman–Crippen LogP) is 2.22. The van der Waals surface area contributed by atoms with Gasteiger partial charge >= 0.3 is 0 Å². The first-order valence-electron chi connectivity index (χ1n) is 7.35. The van der Waals surface area contributed by atoms with Gasteiger partial charge < -0.3 is 9.80 Å². The van der Waals surface area contributed by atoms with Crippen LogP contribution in [0.25, 0.3) is 5.69 Å². The first-order valence-corrected chi connectivity index (χ1v) is 7.73. The van der Waals surface area contributed by atoms with E-state index in [1.807, 2.05) is 36.1 Å². The second-order valence-electron chi connectivity index (χ2n) is 5.60. The Morgan fingerprint density at radius 2 is 1.86 bits per heavy atom. The highest BCUT2D eigenvalue weighted by molar-refractivity contribution is 6.32. The van der Waals surface area contributed by atoms with Crippen LogP contribution in [-0.4, -0.2) is 58.7 Å². The molecule has 0 radical (unpaired) electrons. The molecule has 0 spiro atoms. The molecule has 0 atom stereocenters. The van der Waals surface area contributed by atoms with Crippen LogP contribution in [0.1, 0.15) is 16.1 Å². The Labute approximate surface area is 135 Å². The fourth-order valence-corrected chi connectivity index (χ4v) is 2.88. The zero-order chi connectivity index (χ0) is 15.7. The number of piperazine rings is 1. The van der Waals surface area contributed by atoms with Crippen LogP contribution in [-0.2, 0) is 0 Å². The molecule has 2 aromatic rings. The summed E-state index contributed by atoms with van der Waals surface area (Å²) in [6, 6.07) is 7.50. The van der Waals surface area contributed by atoms with Gasteiger partial charge in [-0.05, 0) is 26.1 Å². The molecule has 0 bridgehead atoms. The van der Waals surface area contributed by atoms with Gasteiger partial charge in [0.2, 0.25) is 0 Å². The van der Waals surface area contributed by atoms with Crippen molar-refractivity contribution >= 4 is 17.5 Å². The van der Waals surface area contributed by atoms with Crippen molar-refractivity contribution in [3.8, 4) is 5.69 Å². The van der Waals surface area contributed by atoms with Crippen molar-refractivity contribution in [2.45, 2.75) is 6.92 Å². The third-order valence-corrected chi connectivity index (χ3v) is 4.43. The molecule has 0 unspecified atom stereocenters. The number of hydrogen-bond acceptors (Lipinski definition) is 3. The van der Waals surface area contributed by atoms with Crippen LogP contribution in [0.3, 0.4) is 0 Å². The maximum absolute atomic E-state index is 12.7. The summed E-state index contributed by atoms with van der Waals surface area (Å²) in [5, 5.41) is 4.97. The zero-order valence-electron chi connectivity index (χ0n) is 12.8. The average molecular weight is 319 g/mol. The van der Waals surface area contributed by atoms with Gasteiger partial charge in [-0.1, -0.05) is 23.7 Å². The molecule has 3 rings (SSSR count). The maximum Gasteiger partial charge on any atom is 0.257 e. The van der Waals surface area contributed by atoms with E-state index in [1.54, 1.807) is 10.9 Å². The van der Waals surface area contributed by atoms with Gasteiger partial charge in [-0.25, -0.2) is 4.68 Å². The van der Waals surface area contributed by atoms with Crippen molar-refractivity contribution < 1.29 is 4.79 Å². The number of carbonyl (C=O) groups is 1. The van der Waals surface area contributed by atoms with E-state index in [4.69, 9.17) is 11.6 Å². The minimum Gasteiger partial charge on any atom is -0.336 e. The maximum atomic E-state index is 12.7. The van der Waals surface area contributed by atoms with Gasteiger partial charge in [0.15, 0.2) is 0 Å². The summed E-state index contributed by atoms with van der Waals surface area (Å²) in [5.41, 5.74) is 2.25. The zero-order valence-corrected chi connectivity index (χ0v) is 13.5. The SMILES string of the molecule is Cc1c(C(=O)N2CCN(C)CC2)cnn1-c1ccccc1Cl. The second kappa shape index (κ2) is 6.10. The van der Waals surface area contributed by atoms with E-state index >= 15 is 0 Å². The normalized spacial score (nSPS) is 16.0. The second-order valence-corrected chi connectivity index (χ2v) is 6.01. The molecule has 0 aliphatic carbocycles. The molecule has 1 aliphatic rings. The van der Waals surface area contributed by atoms with Crippen LogP contribution in [0.2, 0.25) is 5.02 Å². The van der Waals surface area contributed by atoms with Gasteiger partial charge in [-0.15, -0.1) is 0 Å². The monoisotopic (exact) mass is 318 g/mol. The lowest BCUT2D eigenvalue weighted by molar-refractivity contribution is 0.0663. The number of hydrogen-bond donors (Lipinski definition) is 0. The molecular weight excluding hydrogens is 300 g/mol. The number of benzene rings is 1. The van der Waals surface area contributed by atoms with E-state index in [2.05, 4.69) is 17.0 Å². The fraction of sp³-hybridized carbons (Fsp3) is 0.375. The van der Waals surface area contributed by atoms with Crippen LogP contribution >= 0.6 is 11.6 Å². The molecule has 1 fully saturated rings. The van der Waals surface area contributed by atoms with E-state index in [0.29, 0.717) is 10.6 Å². The smallest absolute Gasteiger partial charge is 0.257 e. The number of halogens is 1. The van der Waals surface area contributed by atoms with Crippen LogP contribution < -0.4 is 0 Å². The first kappa shape index (κ1) is 15.1. The summed E-state index contributed by atoms with van der Waals surface area (Å²) >= 11 is 6.22. The molecule has 1 saturated heterocycles. The Balaban J connectivity index is 1.88. The molecule has 1 aromatic carbocycles. The van der Waals surface area contributed by atoms with E-state index < -0.39 is 0 Å². The lowest BCUT2D eigenvalue weighted by Gasteiger charge is -2.32. The van der Waals surface area contributed by atoms with Gasteiger partial charge in [-0.2, -0.15) is 5.10 Å². The molecule has 5 nitrogen and oxygen atoms in total. The van der Waals surface area contributed by atoms with Crippen molar-refractivity contribution in [1.82, 2.24) is 19.6 Å². The molecule has 22 heavy (non-hydrogen) atoms. The highest BCUT2D eigenvalue weighted by Gasteiger charge is 2.24. The molecule has 1 aromatic heterocycles. The van der Waals surface area contributed by atoms with Crippen molar-refractivity contribution in [1.29, 1.82) is 0 Å². The van der Waals surface area contributed by atoms with Gasteiger partial charge in [0.25, 0.3) is 5.91 Å². The summed E-state index contributed by atoms with van der Waals surface area (Å²) in [6.45, 7) is 5.23. The van der Waals surface area contributed by atoms with Gasteiger partial charge in [0.05, 0.1) is 28.2 Å². The Kier molecular flexibility index (Phi) is 4.18. The molecule has 0 saturated carbocycles. The summed E-state index contributed by atoms with van der Waals surface area (Å²) < 4.78 is 1.73. The number of para-hydroxylation sites is 1. The van der Waals surface area contributed by atoms with Gasteiger partial charge in [0, 0.05) is 26.2 Å². The van der Waals surface area contributed by atoms with Crippen LogP contribution in [0.4, 0.5) is 0 Å². The number of amides is 1. The molecule has 1 amide bonds. The molecule has 2 heterocycles.